The minimum Gasteiger partial charge on any atom is -0.504 e. The third-order valence-electron chi connectivity index (χ3n) is 5.17. The van der Waals surface area contributed by atoms with Crippen LogP contribution >= 0.6 is 0 Å². The molecule has 0 fully saturated rings. The molecule has 0 radical (unpaired) electrons. The Labute approximate surface area is 170 Å². The maximum atomic E-state index is 10.6. The van der Waals surface area contributed by atoms with E-state index in [-0.39, 0.29) is 11.8 Å². The summed E-state index contributed by atoms with van der Waals surface area (Å²) in [6.45, 7) is 0. The lowest BCUT2D eigenvalue weighted by Crippen LogP contribution is -2.24. The van der Waals surface area contributed by atoms with Gasteiger partial charge in [-0.3, -0.25) is 5.01 Å². The number of rotatable bonds is 5. The summed E-state index contributed by atoms with van der Waals surface area (Å²) in [7, 11) is 1.49. The van der Waals surface area contributed by atoms with Gasteiger partial charge in [-0.2, -0.15) is 10.4 Å². The first-order valence-corrected chi connectivity index (χ1v) is 9.44. The van der Waals surface area contributed by atoms with Gasteiger partial charge in [0, 0.05) is 12.0 Å². The summed E-state index contributed by atoms with van der Waals surface area (Å²) in [6, 6.07) is 26.6. The van der Waals surface area contributed by atoms with Crippen LogP contribution in [0.15, 0.2) is 84.0 Å². The van der Waals surface area contributed by atoms with E-state index in [1.54, 1.807) is 23.2 Å². The molecule has 0 unspecified atom stereocenters. The molecule has 0 aromatic heterocycles. The summed E-state index contributed by atoms with van der Waals surface area (Å²) in [4.78, 5) is 0. The SMILES string of the molecule is COc1cccc([C@@H](C#N)N2N=C(c3ccccc3)C[C@H]2c2ccccc2)c1O. The molecule has 1 heterocycles. The molecular formula is C24H21N3O2. The van der Waals surface area contributed by atoms with Crippen LogP contribution < -0.4 is 4.74 Å². The van der Waals surface area contributed by atoms with E-state index in [2.05, 4.69) is 6.07 Å². The van der Waals surface area contributed by atoms with Crippen molar-refractivity contribution in [2.24, 2.45) is 5.10 Å². The van der Waals surface area contributed by atoms with Crippen molar-refractivity contribution in [2.75, 3.05) is 7.11 Å². The van der Waals surface area contributed by atoms with Gasteiger partial charge in [-0.15, -0.1) is 0 Å². The number of methoxy groups -OCH3 is 1. The first-order valence-electron chi connectivity index (χ1n) is 9.44. The van der Waals surface area contributed by atoms with Gasteiger partial charge >= 0.3 is 0 Å². The minimum absolute atomic E-state index is 0.0308. The number of hydrogen-bond acceptors (Lipinski definition) is 5. The number of hydrogen-bond donors (Lipinski definition) is 1. The second-order valence-electron chi connectivity index (χ2n) is 6.85. The Hall–Kier alpha value is -3.78. The number of phenols is 1. The molecular weight excluding hydrogens is 362 g/mol. The number of para-hydroxylation sites is 1. The van der Waals surface area contributed by atoms with E-state index in [4.69, 9.17) is 9.84 Å². The molecule has 1 aliphatic rings. The number of aromatic hydroxyl groups is 1. The zero-order chi connectivity index (χ0) is 20.2. The zero-order valence-electron chi connectivity index (χ0n) is 16.1. The van der Waals surface area contributed by atoms with Crippen molar-refractivity contribution < 1.29 is 9.84 Å². The van der Waals surface area contributed by atoms with Gasteiger partial charge in [0.15, 0.2) is 17.5 Å². The number of ether oxygens (including phenoxy) is 1. The molecule has 0 amide bonds. The van der Waals surface area contributed by atoms with E-state index in [1.165, 1.54) is 7.11 Å². The molecule has 29 heavy (non-hydrogen) atoms. The summed E-state index contributed by atoms with van der Waals surface area (Å²) in [5, 5.41) is 27.3. The molecule has 0 aliphatic carbocycles. The number of hydrazone groups is 1. The third kappa shape index (κ3) is 3.53. The van der Waals surface area contributed by atoms with E-state index in [9.17, 15) is 10.4 Å². The Balaban J connectivity index is 1.80. The fourth-order valence-electron chi connectivity index (χ4n) is 3.71. The van der Waals surface area contributed by atoms with Gasteiger partial charge in [0.2, 0.25) is 0 Å². The Bertz CT molecular complexity index is 1060. The predicted molar refractivity (Wildman–Crippen MR) is 112 cm³/mol. The van der Waals surface area contributed by atoms with Crippen molar-refractivity contribution in [1.29, 1.82) is 5.26 Å². The molecule has 4 rings (SSSR count). The number of nitrogens with zero attached hydrogens (tertiary/aromatic N) is 3. The molecule has 0 saturated carbocycles. The fraction of sp³-hybridized carbons (Fsp3) is 0.167. The van der Waals surface area contributed by atoms with Crippen molar-refractivity contribution in [2.45, 2.75) is 18.5 Å². The number of phenolic OH excluding ortho intramolecular Hbond substituents is 1. The maximum Gasteiger partial charge on any atom is 0.164 e. The minimum atomic E-state index is -0.753. The molecule has 0 spiro atoms. The van der Waals surface area contributed by atoms with Crippen LogP contribution in [-0.2, 0) is 0 Å². The molecule has 0 saturated heterocycles. The molecule has 5 heteroatoms. The largest absolute Gasteiger partial charge is 0.504 e. The molecule has 1 N–H and O–H groups in total. The van der Waals surface area contributed by atoms with Crippen LogP contribution in [0.5, 0.6) is 11.5 Å². The van der Waals surface area contributed by atoms with Gasteiger partial charge in [0.1, 0.15) is 0 Å². The van der Waals surface area contributed by atoms with Gasteiger partial charge < -0.3 is 9.84 Å². The Morgan fingerprint density at radius 2 is 1.72 bits per heavy atom. The summed E-state index contributed by atoms with van der Waals surface area (Å²) in [5.74, 6) is 0.308. The van der Waals surface area contributed by atoms with Gasteiger partial charge in [0.25, 0.3) is 0 Å². The average molecular weight is 383 g/mol. The van der Waals surface area contributed by atoms with Crippen molar-refractivity contribution in [3.63, 3.8) is 0 Å². The van der Waals surface area contributed by atoms with Crippen molar-refractivity contribution >= 4 is 5.71 Å². The predicted octanol–water partition coefficient (Wildman–Crippen LogP) is 4.82. The Morgan fingerprint density at radius 1 is 1.03 bits per heavy atom. The van der Waals surface area contributed by atoms with Crippen LogP contribution in [0.4, 0.5) is 0 Å². The lowest BCUT2D eigenvalue weighted by molar-refractivity contribution is 0.193. The summed E-state index contributed by atoms with van der Waals surface area (Å²) in [6.07, 6.45) is 0.678. The summed E-state index contributed by atoms with van der Waals surface area (Å²) < 4.78 is 5.23. The fourth-order valence-corrected chi connectivity index (χ4v) is 3.71. The van der Waals surface area contributed by atoms with E-state index < -0.39 is 6.04 Å². The Kier molecular flexibility index (Phi) is 5.17. The normalized spacial score (nSPS) is 16.8. The van der Waals surface area contributed by atoms with Gasteiger partial charge in [-0.1, -0.05) is 72.8 Å². The molecule has 1 aliphatic heterocycles. The smallest absolute Gasteiger partial charge is 0.164 e. The monoisotopic (exact) mass is 383 g/mol. The first kappa shape index (κ1) is 18.6. The molecule has 144 valence electrons. The van der Waals surface area contributed by atoms with Crippen LogP contribution in [0.25, 0.3) is 0 Å². The number of nitriles is 1. The topological polar surface area (TPSA) is 68.8 Å². The molecule has 5 nitrogen and oxygen atoms in total. The lowest BCUT2D eigenvalue weighted by Gasteiger charge is -2.29. The van der Waals surface area contributed by atoms with Gasteiger partial charge in [0.05, 0.1) is 24.9 Å². The zero-order valence-corrected chi connectivity index (χ0v) is 16.1. The van der Waals surface area contributed by atoms with Crippen LogP contribution in [-0.4, -0.2) is 22.9 Å². The highest BCUT2D eigenvalue weighted by molar-refractivity contribution is 6.01. The Morgan fingerprint density at radius 3 is 2.38 bits per heavy atom. The van der Waals surface area contributed by atoms with Crippen LogP contribution in [0, 0.1) is 11.3 Å². The van der Waals surface area contributed by atoms with Gasteiger partial charge in [-0.25, -0.2) is 0 Å². The summed E-state index contributed by atoms with van der Waals surface area (Å²) in [5.41, 5.74) is 3.50. The van der Waals surface area contributed by atoms with Crippen LogP contribution in [0.2, 0.25) is 0 Å². The molecule has 0 bridgehead atoms. The van der Waals surface area contributed by atoms with E-state index in [0.29, 0.717) is 17.7 Å². The maximum absolute atomic E-state index is 10.6. The van der Waals surface area contributed by atoms with E-state index in [0.717, 1.165) is 16.8 Å². The first-order chi connectivity index (χ1) is 14.2. The standard InChI is InChI=1S/C24H21N3O2/c1-29-23-14-8-13-19(24(23)28)22(16-25)27-21(18-11-6-3-7-12-18)15-20(26-27)17-9-4-2-5-10-17/h2-14,21-22,28H,15H2,1H3/t21-,22+/m0/s1. The second-order valence-corrected chi connectivity index (χ2v) is 6.85. The van der Waals surface area contributed by atoms with Gasteiger partial charge in [-0.05, 0) is 17.2 Å². The van der Waals surface area contributed by atoms with Crippen molar-refractivity contribution in [3.05, 3.63) is 95.6 Å². The molecule has 3 aromatic carbocycles. The highest BCUT2D eigenvalue weighted by atomic mass is 16.5. The van der Waals surface area contributed by atoms with Crippen molar-refractivity contribution in [3.8, 4) is 17.6 Å². The van der Waals surface area contributed by atoms with E-state index >= 15 is 0 Å². The average Bonchev–Trinajstić information content (AvgIpc) is 3.22. The lowest BCUT2D eigenvalue weighted by atomic mass is 9.96. The van der Waals surface area contributed by atoms with Crippen molar-refractivity contribution in [1.82, 2.24) is 5.01 Å². The number of benzene rings is 3. The second kappa shape index (κ2) is 8.07. The third-order valence-corrected chi connectivity index (χ3v) is 5.17. The highest BCUT2D eigenvalue weighted by Crippen LogP contribution is 2.42. The molecule has 3 aromatic rings. The quantitative estimate of drug-likeness (QED) is 0.686. The molecule has 2 atom stereocenters. The highest BCUT2D eigenvalue weighted by Gasteiger charge is 2.35. The summed E-state index contributed by atoms with van der Waals surface area (Å²) >= 11 is 0. The van der Waals surface area contributed by atoms with Crippen LogP contribution in [0.1, 0.15) is 35.2 Å². The van der Waals surface area contributed by atoms with Crippen LogP contribution in [0.3, 0.4) is 0 Å². The van der Waals surface area contributed by atoms with E-state index in [1.807, 2.05) is 60.7 Å².